The van der Waals surface area contributed by atoms with Crippen LogP contribution in [0.4, 0.5) is 0 Å². The van der Waals surface area contributed by atoms with Crippen molar-refractivity contribution in [1.82, 2.24) is 10.6 Å². The first-order valence-electron chi connectivity index (χ1n) is 6.37. The molecule has 0 heterocycles. The number of halogens is 1. The number of ether oxygens (including phenoxy) is 1. The van der Waals surface area contributed by atoms with E-state index in [4.69, 9.17) is 16.3 Å². The van der Waals surface area contributed by atoms with Crippen molar-refractivity contribution in [2.75, 3.05) is 27.2 Å². The number of hydrogen-bond donors (Lipinski definition) is 2. The van der Waals surface area contributed by atoms with Crippen LogP contribution in [0.2, 0.25) is 5.02 Å². The molecule has 1 aromatic rings. The minimum Gasteiger partial charge on any atom is -0.495 e. The van der Waals surface area contributed by atoms with E-state index in [0.717, 1.165) is 25.4 Å². The molecule has 4 heteroatoms. The van der Waals surface area contributed by atoms with Crippen LogP contribution < -0.4 is 15.4 Å². The van der Waals surface area contributed by atoms with Gasteiger partial charge in [0.15, 0.2) is 0 Å². The van der Waals surface area contributed by atoms with Gasteiger partial charge < -0.3 is 15.4 Å². The first-order chi connectivity index (χ1) is 8.69. The number of methoxy groups -OCH3 is 1. The minimum absolute atomic E-state index is 0.491. The van der Waals surface area contributed by atoms with Crippen LogP contribution in [0.3, 0.4) is 0 Å². The Morgan fingerprint density at radius 3 is 2.67 bits per heavy atom. The Hall–Kier alpha value is -0.770. The van der Waals surface area contributed by atoms with Crippen LogP contribution in [-0.4, -0.2) is 27.2 Å². The van der Waals surface area contributed by atoms with E-state index in [1.165, 1.54) is 18.4 Å². The molecule has 3 nitrogen and oxygen atoms in total. The van der Waals surface area contributed by atoms with Gasteiger partial charge in [-0.25, -0.2) is 0 Å². The third-order valence-electron chi connectivity index (χ3n) is 3.55. The normalized spacial score (nSPS) is 16.6. The van der Waals surface area contributed by atoms with Crippen molar-refractivity contribution in [3.05, 3.63) is 28.8 Å². The number of benzene rings is 1. The molecule has 1 saturated carbocycles. The molecule has 0 amide bonds. The maximum absolute atomic E-state index is 6.10. The van der Waals surface area contributed by atoms with Gasteiger partial charge in [-0.05, 0) is 43.0 Å². The lowest BCUT2D eigenvalue weighted by Crippen LogP contribution is -2.31. The Balaban J connectivity index is 1.82. The molecule has 0 aliphatic heterocycles. The maximum atomic E-state index is 6.10. The van der Waals surface area contributed by atoms with Crippen molar-refractivity contribution < 1.29 is 4.74 Å². The van der Waals surface area contributed by atoms with Crippen molar-refractivity contribution >= 4 is 11.6 Å². The number of rotatable bonds is 7. The lowest BCUT2D eigenvalue weighted by atomic mass is 10.1. The summed E-state index contributed by atoms with van der Waals surface area (Å²) in [7, 11) is 3.65. The Morgan fingerprint density at radius 1 is 1.33 bits per heavy atom. The molecule has 0 spiro atoms. The van der Waals surface area contributed by atoms with Crippen LogP contribution >= 0.6 is 11.6 Å². The van der Waals surface area contributed by atoms with E-state index in [-0.39, 0.29) is 0 Å². The second kappa shape index (κ2) is 5.91. The molecule has 0 saturated heterocycles. The summed E-state index contributed by atoms with van der Waals surface area (Å²) >= 11 is 6.10. The van der Waals surface area contributed by atoms with Gasteiger partial charge in [-0.1, -0.05) is 17.7 Å². The van der Waals surface area contributed by atoms with Gasteiger partial charge in [0, 0.05) is 19.6 Å². The molecule has 100 valence electrons. The second-order valence-corrected chi connectivity index (χ2v) is 5.51. The fourth-order valence-corrected chi connectivity index (χ4v) is 2.54. The van der Waals surface area contributed by atoms with E-state index < -0.39 is 0 Å². The summed E-state index contributed by atoms with van der Waals surface area (Å²) in [6, 6.07) is 5.93. The zero-order valence-corrected chi connectivity index (χ0v) is 11.8. The molecule has 18 heavy (non-hydrogen) atoms. The summed E-state index contributed by atoms with van der Waals surface area (Å²) < 4.78 is 5.14. The molecule has 0 bridgehead atoms. The van der Waals surface area contributed by atoms with E-state index >= 15 is 0 Å². The Labute approximate surface area is 114 Å². The van der Waals surface area contributed by atoms with Gasteiger partial charge in [-0.3, -0.25) is 0 Å². The Morgan fingerprint density at radius 2 is 2.11 bits per heavy atom. The van der Waals surface area contributed by atoms with Gasteiger partial charge in [0.1, 0.15) is 5.75 Å². The molecule has 1 aliphatic carbocycles. The number of hydrogen-bond acceptors (Lipinski definition) is 3. The standard InChI is InChI=1S/C14H21ClN2O/c1-16-9-14(5-6-14)10-17-8-11-3-4-13(18-2)12(15)7-11/h3-4,7,16-17H,5-6,8-10H2,1-2H3. The zero-order valence-electron chi connectivity index (χ0n) is 11.1. The first kappa shape index (κ1) is 13.7. The Kier molecular flexibility index (Phi) is 4.49. The fourth-order valence-electron chi connectivity index (χ4n) is 2.26. The monoisotopic (exact) mass is 268 g/mol. The van der Waals surface area contributed by atoms with Gasteiger partial charge in [0.25, 0.3) is 0 Å². The molecule has 0 unspecified atom stereocenters. The van der Waals surface area contributed by atoms with E-state index in [9.17, 15) is 0 Å². The summed E-state index contributed by atoms with van der Waals surface area (Å²) in [5.74, 6) is 0.731. The zero-order chi connectivity index (χ0) is 13.0. The first-order valence-corrected chi connectivity index (χ1v) is 6.75. The van der Waals surface area contributed by atoms with Gasteiger partial charge in [-0.2, -0.15) is 0 Å². The summed E-state index contributed by atoms with van der Waals surface area (Å²) in [5, 5.41) is 7.45. The lowest BCUT2D eigenvalue weighted by molar-refractivity contribution is 0.414. The fraction of sp³-hybridized carbons (Fsp3) is 0.571. The predicted molar refractivity (Wildman–Crippen MR) is 75.3 cm³/mol. The molecule has 0 atom stereocenters. The van der Waals surface area contributed by atoms with Crippen molar-refractivity contribution in [3.63, 3.8) is 0 Å². The minimum atomic E-state index is 0.491. The van der Waals surface area contributed by atoms with Crippen molar-refractivity contribution in [2.24, 2.45) is 5.41 Å². The molecule has 2 N–H and O–H groups in total. The summed E-state index contributed by atoms with van der Waals surface area (Å²) in [6.07, 6.45) is 2.65. The van der Waals surface area contributed by atoms with E-state index in [1.54, 1.807) is 7.11 Å². The SMILES string of the molecule is CNCC1(CNCc2ccc(OC)c(Cl)c2)CC1. The van der Waals surface area contributed by atoms with Gasteiger partial charge >= 0.3 is 0 Å². The molecular weight excluding hydrogens is 248 g/mol. The second-order valence-electron chi connectivity index (χ2n) is 5.10. The third kappa shape index (κ3) is 3.37. The molecule has 0 aromatic heterocycles. The van der Waals surface area contributed by atoms with E-state index in [1.807, 2.05) is 19.2 Å². The quantitative estimate of drug-likeness (QED) is 0.797. The van der Waals surface area contributed by atoms with Gasteiger partial charge in [0.2, 0.25) is 0 Å². The smallest absolute Gasteiger partial charge is 0.137 e. The molecule has 1 fully saturated rings. The van der Waals surface area contributed by atoms with Crippen LogP contribution in [-0.2, 0) is 6.54 Å². The third-order valence-corrected chi connectivity index (χ3v) is 3.85. The highest BCUT2D eigenvalue weighted by Crippen LogP contribution is 2.44. The highest BCUT2D eigenvalue weighted by Gasteiger charge is 2.41. The largest absolute Gasteiger partial charge is 0.495 e. The molecule has 1 aromatic carbocycles. The van der Waals surface area contributed by atoms with E-state index in [0.29, 0.717) is 10.4 Å². The average Bonchev–Trinajstić information content (AvgIpc) is 3.10. The maximum Gasteiger partial charge on any atom is 0.137 e. The summed E-state index contributed by atoms with van der Waals surface area (Å²) in [4.78, 5) is 0. The van der Waals surface area contributed by atoms with Crippen LogP contribution in [0.25, 0.3) is 0 Å². The Bertz CT molecular complexity index is 405. The topological polar surface area (TPSA) is 33.3 Å². The van der Waals surface area contributed by atoms with Crippen LogP contribution in [0, 0.1) is 5.41 Å². The van der Waals surface area contributed by atoms with Crippen molar-refractivity contribution in [1.29, 1.82) is 0 Å². The lowest BCUT2D eigenvalue weighted by Gasteiger charge is -2.15. The van der Waals surface area contributed by atoms with Crippen LogP contribution in [0.15, 0.2) is 18.2 Å². The molecule has 0 radical (unpaired) electrons. The summed E-state index contributed by atoms with van der Waals surface area (Å²) in [6.45, 7) is 3.02. The highest BCUT2D eigenvalue weighted by molar-refractivity contribution is 6.32. The molecule has 2 rings (SSSR count). The van der Waals surface area contributed by atoms with Gasteiger partial charge in [0.05, 0.1) is 12.1 Å². The molecular formula is C14H21ClN2O. The highest BCUT2D eigenvalue weighted by atomic mass is 35.5. The van der Waals surface area contributed by atoms with Gasteiger partial charge in [-0.15, -0.1) is 0 Å². The van der Waals surface area contributed by atoms with Crippen LogP contribution in [0.1, 0.15) is 18.4 Å². The predicted octanol–water partition coefficient (Wildman–Crippen LogP) is 2.44. The average molecular weight is 269 g/mol. The summed E-state index contributed by atoms with van der Waals surface area (Å²) in [5.41, 5.74) is 1.69. The van der Waals surface area contributed by atoms with Crippen LogP contribution in [0.5, 0.6) is 5.75 Å². The number of nitrogens with one attached hydrogen (secondary N) is 2. The van der Waals surface area contributed by atoms with E-state index in [2.05, 4.69) is 16.7 Å². The van der Waals surface area contributed by atoms with Crippen molar-refractivity contribution in [2.45, 2.75) is 19.4 Å². The molecule has 1 aliphatic rings. The van der Waals surface area contributed by atoms with Crippen molar-refractivity contribution in [3.8, 4) is 5.75 Å².